The Kier molecular flexibility index (Phi) is 7.10. The van der Waals surface area contributed by atoms with Crippen molar-refractivity contribution in [2.45, 2.75) is 62.0 Å². The Balaban J connectivity index is 1.68. The molecule has 0 spiro atoms. The van der Waals surface area contributed by atoms with E-state index in [1.54, 1.807) is 13.0 Å². The van der Waals surface area contributed by atoms with Crippen LogP contribution in [0.3, 0.4) is 0 Å². The van der Waals surface area contributed by atoms with Crippen LogP contribution in [0.25, 0.3) is 0 Å². The Bertz CT molecular complexity index is 1020. The number of nitrogens with zero attached hydrogens (tertiary/aromatic N) is 1. The number of nitrogens with one attached hydrogen (secondary N) is 1. The highest BCUT2D eigenvalue weighted by atomic mass is 32.2. The zero-order valence-corrected chi connectivity index (χ0v) is 19.9. The average molecular weight is 443 g/mol. The van der Waals surface area contributed by atoms with Crippen LogP contribution in [-0.4, -0.2) is 39.7 Å². The lowest BCUT2D eigenvalue weighted by Gasteiger charge is -2.28. The van der Waals surface area contributed by atoms with Crippen molar-refractivity contribution in [3.05, 3.63) is 59.2 Å². The molecule has 2 aromatic carbocycles. The SMILES string of the molecule is Cc1ccc(C)c(S(=O)(=O)C2(C(=O)NCCCc3ccc(N(C)C)cc3)CCCC2)c1. The summed E-state index contributed by atoms with van der Waals surface area (Å²) in [6.07, 6.45) is 3.91. The van der Waals surface area contributed by atoms with Crippen LogP contribution in [-0.2, 0) is 21.1 Å². The van der Waals surface area contributed by atoms with E-state index in [0.29, 0.717) is 29.8 Å². The monoisotopic (exact) mass is 442 g/mol. The summed E-state index contributed by atoms with van der Waals surface area (Å²) in [4.78, 5) is 15.6. The first kappa shape index (κ1) is 23.3. The molecule has 0 heterocycles. The smallest absolute Gasteiger partial charge is 0.241 e. The molecule has 31 heavy (non-hydrogen) atoms. The van der Waals surface area contributed by atoms with Crippen molar-refractivity contribution < 1.29 is 13.2 Å². The second-order valence-electron chi connectivity index (χ2n) is 8.89. The van der Waals surface area contributed by atoms with Crippen LogP contribution in [0.1, 0.15) is 48.8 Å². The van der Waals surface area contributed by atoms with Crippen molar-refractivity contribution in [2.75, 3.05) is 25.5 Å². The summed E-state index contributed by atoms with van der Waals surface area (Å²) in [6.45, 7) is 4.15. The largest absolute Gasteiger partial charge is 0.378 e. The fourth-order valence-electron chi connectivity index (χ4n) is 4.39. The molecule has 1 aliphatic rings. The first-order chi connectivity index (χ1) is 14.7. The number of benzene rings is 2. The molecule has 0 radical (unpaired) electrons. The summed E-state index contributed by atoms with van der Waals surface area (Å²) >= 11 is 0. The normalized spacial score (nSPS) is 15.6. The second kappa shape index (κ2) is 9.43. The fourth-order valence-corrected chi connectivity index (χ4v) is 6.78. The predicted molar refractivity (Wildman–Crippen MR) is 126 cm³/mol. The Hall–Kier alpha value is -2.34. The number of hydrogen-bond donors (Lipinski definition) is 1. The van der Waals surface area contributed by atoms with Crippen molar-refractivity contribution in [2.24, 2.45) is 0 Å². The van der Waals surface area contributed by atoms with Gasteiger partial charge >= 0.3 is 0 Å². The topological polar surface area (TPSA) is 66.5 Å². The van der Waals surface area contributed by atoms with Crippen LogP contribution in [0.2, 0.25) is 0 Å². The summed E-state index contributed by atoms with van der Waals surface area (Å²) in [5.74, 6) is -0.339. The van der Waals surface area contributed by atoms with Crippen molar-refractivity contribution in [1.29, 1.82) is 0 Å². The maximum Gasteiger partial charge on any atom is 0.241 e. The van der Waals surface area contributed by atoms with Crippen LogP contribution < -0.4 is 10.2 Å². The predicted octanol–water partition coefficient (Wildman–Crippen LogP) is 4.20. The molecule has 1 aliphatic carbocycles. The number of aryl methyl sites for hydroxylation is 3. The fraction of sp³-hybridized carbons (Fsp3) is 0.480. The quantitative estimate of drug-likeness (QED) is 0.622. The minimum absolute atomic E-state index is 0.297. The van der Waals surface area contributed by atoms with Gasteiger partial charge in [0.1, 0.15) is 0 Å². The number of hydrogen-bond acceptors (Lipinski definition) is 4. The van der Waals surface area contributed by atoms with E-state index in [1.807, 2.05) is 33.2 Å². The van der Waals surface area contributed by atoms with Crippen molar-refractivity contribution >= 4 is 21.4 Å². The van der Waals surface area contributed by atoms with E-state index in [2.05, 4.69) is 34.5 Å². The van der Waals surface area contributed by atoms with Gasteiger partial charge in [0.15, 0.2) is 14.6 Å². The second-order valence-corrected chi connectivity index (χ2v) is 11.1. The Labute approximate surface area is 186 Å². The maximum atomic E-state index is 13.6. The highest BCUT2D eigenvalue weighted by Crippen LogP contribution is 2.41. The van der Waals surface area contributed by atoms with Gasteiger partial charge in [0, 0.05) is 26.3 Å². The number of carbonyl (C=O) groups excluding carboxylic acids is 1. The molecule has 0 bridgehead atoms. The van der Waals surface area contributed by atoms with E-state index in [-0.39, 0.29) is 5.91 Å². The van der Waals surface area contributed by atoms with Gasteiger partial charge in [-0.1, -0.05) is 37.1 Å². The van der Waals surface area contributed by atoms with Gasteiger partial charge in [0.05, 0.1) is 4.90 Å². The standard InChI is InChI=1S/C25H34N2O3S/c1-19-9-10-20(2)23(18-19)31(29,30)25(15-5-6-16-25)24(28)26-17-7-8-21-11-13-22(14-12-21)27(3)4/h9-14,18H,5-8,15-17H2,1-4H3,(H,26,28). The molecule has 3 rings (SSSR count). The van der Waals surface area contributed by atoms with Crippen LogP contribution in [0.15, 0.2) is 47.4 Å². The molecule has 5 nitrogen and oxygen atoms in total. The van der Waals surface area contributed by atoms with Crippen LogP contribution in [0.4, 0.5) is 5.69 Å². The molecule has 0 saturated heterocycles. The Morgan fingerprint density at radius 3 is 2.29 bits per heavy atom. The lowest BCUT2D eigenvalue weighted by Crippen LogP contribution is -2.51. The third-order valence-corrected chi connectivity index (χ3v) is 8.99. The zero-order chi connectivity index (χ0) is 22.6. The van der Waals surface area contributed by atoms with Crippen LogP contribution >= 0.6 is 0 Å². The molecule has 168 valence electrons. The van der Waals surface area contributed by atoms with E-state index < -0.39 is 14.6 Å². The third kappa shape index (κ3) is 4.79. The molecule has 2 aromatic rings. The maximum absolute atomic E-state index is 13.6. The molecule has 1 amide bonds. The molecular formula is C25H34N2O3S. The van der Waals surface area contributed by atoms with Gasteiger partial charge in [-0.15, -0.1) is 0 Å². The van der Waals surface area contributed by atoms with Crippen molar-refractivity contribution in [3.63, 3.8) is 0 Å². The summed E-state index contributed by atoms with van der Waals surface area (Å²) in [5, 5.41) is 2.95. The molecule has 0 aromatic heterocycles. The van der Waals surface area contributed by atoms with E-state index in [1.165, 1.54) is 5.56 Å². The van der Waals surface area contributed by atoms with E-state index in [9.17, 15) is 13.2 Å². The van der Waals surface area contributed by atoms with Crippen LogP contribution in [0.5, 0.6) is 0 Å². The first-order valence-electron chi connectivity index (χ1n) is 11.0. The lowest BCUT2D eigenvalue weighted by atomic mass is 10.1. The van der Waals surface area contributed by atoms with Gasteiger partial charge in [-0.05, 0) is 74.4 Å². The summed E-state index contributed by atoms with van der Waals surface area (Å²) in [5.41, 5.74) is 3.94. The van der Waals surface area contributed by atoms with E-state index >= 15 is 0 Å². The van der Waals surface area contributed by atoms with E-state index in [4.69, 9.17) is 0 Å². The highest BCUT2D eigenvalue weighted by Gasteiger charge is 2.53. The first-order valence-corrected chi connectivity index (χ1v) is 12.5. The Morgan fingerprint density at radius 1 is 1.03 bits per heavy atom. The van der Waals surface area contributed by atoms with Gasteiger partial charge in [0.25, 0.3) is 0 Å². The van der Waals surface area contributed by atoms with Gasteiger partial charge in [0.2, 0.25) is 5.91 Å². The summed E-state index contributed by atoms with van der Waals surface area (Å²) in [7, 11) is 0.248. The van der Waals surface area contributed by atoms with Crippen LogP contribution in [0, 0.1) is 13.8 Å². The average Bonchev–Trinajstić information content (AvgIpc) is 3.25. The summed E-state index contributed by atoms with van der Waals surface area (Å²) < 4.78 is 25.9. The molecule has 0 aliphatic heterocycles. The molecule has 0 unspecified atom stereocenters. The molecule has 1 N–H and O–H groups in total. The molecule has 6 heteroatoms. The highest BCUT2D eigenvalue weighted by molar-refractivity contribution is 7.93. The number of carbonyl (C=O) groups is 1. The lowest BCUT2D eigenvalue weighted by molar-refractivity contribution is -0.123. The van der Waals surface area contributed by atoms with Crippen molar-refractivity contribution in [1.82, 2.24) is 5.32 Å². The molecule has 0 atom stereocenters. The minimum Gasteiger partial charge on any atom is -0.378 e. The number of sulfone groups is 1. The van der Waals surface area contributed by atoms with Gasteiger partial charge in [-0.25, -0.2) is 8.42 Å². The molecular weight excluding hydrogens is 408 g/mol. The number of rotatable bonds is 8. The third-order valence-electron chi connectivity index (χ3n) is 6.35. The zero-order valence-electron chi connectivity index (χ0n) is 19.1. The number of amides is 1. The van der Waals surface area contributed by atoms with Gasteiger partial charge < -0.3 is 10.2 Å². The molecule has 1 saturated carbocycles. The number of anilines is 1. The minimum atomic E-state index is -3.77. The van der Waals surface area contributed by atoms with Gasteiger partial charge in [-0.2, -0.15) is 0 Å². The summed E-state index contributed by atoms with van der Waals surface area (Å²) in [6, 6.07) is 13.8. The van der Waals surface area contributed by atoms with Gasteiger partial charge in [-0.3, -0.25) is 4.79 Å². The van der Waals surface area contributed by atoms with E-state index in [0.717, 1.165) is 36.9 Å². The molecule has 1 fully saturated rings. The Morgan fingerprint density at radius 2 is 1.68 bits per heavy atom. The van der Waals surface area contributed by atoms with Crippen molar-refractivity contribution in [3.8, 4) is 0 Å².